The molecule has 15 heavy (non-hydrogen) atoms. The molecule has 0 heterocycles. The normalized spacial score (nSPS) is 19.6. The molecule has 1 atom stereocenters. The summed E-state index contributed by atoms with van der Waals surface area (Å²) in [7, 11) is 0. The number of aliphatic carboxylic acids is 1. The first-order chi connectivity index (χ1) is 7.06. The maximum atomic E-state index is 10.8. The van der Waals surface area contributed by atoms with Gasteiger partial charge < -0.3 is 10.2 Å². The highest BCUT2D eigenvalue weighted by molar-refractivity contribution is 9.10. The summed E-state index contributed by atoms with van der Waals surface area (Å²) in [4.78, 5) is 10.8. The van der Waals surface area contributed by atoms with Gasteiger partial charge in [0.25, 0.3) is 0 Å². The highest BCUT2D eigenvalue weighted by atomic mass is 79.9. The number of hydrogen-bond acceptors (Lipinski definition) is 2. The summed E-state index contributed by atoms with van der Waals surface area (Å²) in [6.45, 7) is 0. The molecule has 1 aliphatic carbocycles. The Balaban J connectivity index is 2.30. The van der Waals surface area contributed by atoms with Crippen LogP contribution in [0.15, 0.2) is 28.7 Å². The molecule has 2 N–H and O–H groups in total. The topological polar surface area (TPSA) is 57.5 Å². The lowest BCUT2D eigenvalue weighted by Gasteiger charge is -2.19. The summed E-state index contributed by atoms with van der Waals surface area (Å²) < 4.78 is 0.951. The molecule has 80 valence electrons. The average molecular weight is 271 g/mol. The summed E-state index contributed by atoms with van der Waals surface area (Å²) in [5.41, 5.74) is 0.354. The molecule has 1 aliphatic rings. The molecular formula is C11H11BrO3. The van der Waals surface area contributed by atoms with E-state index in [9.17, 15) is 9.90 Å². The summed E-state index contributed by atoms with van der Waals surface area (Å²) in [6.07, 6.45) is 0.183. The Hall–Kier alpha value is -0.870. The Labute approximate surface area is 95.9 Å². The van der Waals surface area contributed by atoms with Crippen LogP contribution in [0.5, 0.6) is 0 Å². The van der Waals surface area contributed by atoms with Gasteiger partial charge in [-0.3, -0.25) is 0 Å². The summed E-state index contributed by atoms with van der Waals surface area (Å²) in [5.74, 6) is -1.14. The van der Waals surface area contributed by atoms with Crippen molar-refractivity contribution in [3.8, 4) is 0 Å². The second kappa shape index (κ2) is 3.61. The molecule has 1 unspecified atom stereocenters. The van der Waals surface area contributed by atoms with Crippen molar-refractivity contribution in [2.45, 2.75) is 24.4 Å². The maximum absolute atomic E-state index is 10.8. The molecular weight excluding hydrogens is 260 g/mol. The van der Waals surface area contributed by atoms with Crippen molar-refractivity contribution in [1.29, 1.82) is 0 Å². The van der Waals surface area contributed by atoms with Crippen LogP contribution >= 0.6 is 15.9 Å². The van der Waals surface area contributed by atoms with E-state index in [0.29, 0.717) is 0 Å². The van der Waals surface area contributed by atoms with Gasteiger partial charge in [0.05, 0.1) is 0 Å². The second-order valence-corrected chi connectivity index (χ2v) is 4.82. The zero-order valence-electron chi connectivity index (χ0n) is 7.98. The van der Waals surface area contributed by atoms with Crippen LogP contribution < -0.4 is 0 Å². The third-order valence-electron chi connectivity index (χ3n) is 2.97. The molecule has 0 saturated heterocycles. The first-order valence-electron chi connectivity index (χ1n) is 4.73. The Bertz CT molecular complexity index is 381. The van der Waals surface area contributed by atoms with Crippen LogP contribution in [0.1, 0.15) is 18.4 Å². The minimum Gasteiger partial charge on any atom is -0.479 e. The van der Waals surface area contributed by atoms with Crippen LogP contribution in [0.2, 0.25) is 0 Å². The van der Waals surface area contributed by atoms with Crippen LogP contribution in [-0.4, -0.2) is 22.3 Å². The van der Waals surface area contributed by atoms with E-state index >= 15 is 0 Å². The molecule has 3 nitrogen and oxygen atoms in total. The molecule has 0 aliphatic heterocycles. The highest BCUT2D eigenvalue weighted by Crippen LogP contribution is 2.51. The fraction of sp³-hybridized carbons (Fsp3) is 0.364. The summed E-state index contributed by atoms with van der Waals surface area (Å²) in [5, 5.41) is 18.4. The number of benzene rings is 1. The van der Waals surface area contributed by atoms with E-state index < -0.39 is 17.5 Å². The van der Waals surface area contributed by atoms with Crippen molar-refractivity contribution in [2.24, 2.45) is 0 Å². The van der Waals surface area contributed by atoms with Gasteiger partial charge in [-0.2, -0.15) is 0 Å². The summed E-state index contributed by atoms with van der Waals surface area (Å²) >= 11 is 3.32. The summed E-state index contributed by atoms with van der Waals surface area (Å²) in [6, 6.07) is 7.46. The van der Waals surface area contributed by atoms with E-state index in [1.807, 2.05) is 24.3 Å². The molecule has 0 aromatic heterocycles. The fourth-order valence-electron chi connectivity index (χ4n) is 1.87. The minimum absolute atomic E-state index is 0.549. The Morgan fingerprint density at radius 3 is 2.27 bits per heavy atom. The largest absolute Gasteiger partial charge is 0.479 e. The zero-order chi connectivity index (χ0) is 11.1. The van der Waals surface area contributed by atoms with Crippen molar-refractivity contribution < 1.29 is 15.0 Å². The molecule has 0 bridgehead atoms. The number of rotatable bonds is 3. The molecule has 4 heteroatoms. The van der Waals surface area contributed by atoms with Gasteiger partial charge in [-0.05, 0) is 30.5 Å². The smallest absolute Gasteiger partial charge is 0.333 e. The third-order valence-corrected chi connectivity index (χ3v) is 3.49. The van der Waals surface area contributed by atoms with Gasteiger partial charge in [0, 0.05) is 9.89 Å². The predicted octanol–water partition coefficient (Wildman–Crippen LogP) is 1.93. The van der Waals surface area contributed by atoms with Crippen molar-refractivity contribution in [3.63, 3.8) is 0 Å². The second-order valence-electron chi connectivity index (χ2n) is 3.90. The molecule has 2 rings (SSSR count). The number of aliphatic hydroxyl groups is 1. The van der Waals surface area contributed by atoms with Gasteiger partial charge in [0.1, 0.15) is 0 Å². The first kappa shape index (κ1) is 10.6. The molecule has 1 aromatic rings. The monoisotopic (exact) mass is 270 g/mol. The van der Waals surface area contributed by atoms with Crippen LogP contribution in [0.3, 0.4) is 0 Å². The van der Waals surface area contributed by atoms with Crippen LogP contribution in [-0.2, 0) is 10.2 Å². The minimum atomic E-state index is -1.29. The SMILES string of the molecule is O=C(O)C(O)C1(c2ccc(Br)cc2)CC1. The van der Waals surface area contributed by atoms with E-state index in [4.69, 9.17) is 5.11 Å². The Morgan fingerprint density at radius 1 is 1.33 bits per heavy atom. The average Bonchev–Trinajstić information content (AvgIpc) is 2.99. The Kier molecular flexibility index (Phi) is 2.56. The predicted molar refractivity (Wildman–Crippen MR) is 58.7 cm³/mol. The molecule has 0 amide bonds. The van der Waals surface area contributed by atoms with E-state index in [1.54, 1.807) is 0 Å². The Morgan fingerprint density at radius 2 is 1.87 bits per heavy atom. The quantitative estimate of drug-likeness (QED) is 0.883. The first-order valence-corrected chi connectivity index (χ1v) is 5.52. The zero-order valence-corrected chi connectivity index (χ0v) is 9.57. The number of carbonyl (C=O) groups is 1. The molecule has 1 aromatic carbocycles. The fourth-order valence-corrected chi connectivity index (χ4v) is 2.14. The lowest BCUT2D eigenvalue weighted by molar-refractivity contribution is -0.148. The van der Waals surface area contributed by atoms with Gasteiger partial charge in [-0.15, -0.1) is 0 Å². The van der Waals surface area contributed by atoms with Crippen molar-refractivity contribution in [2.75, 3.05) is 0 Å². The van der Waals surface area contributed by atoms with Crippen LogP contribution in [0, 0.1) is 0 Å². The van der Waals surface area contributed by atoms with E-state index in [0.717, 1.165) is 22.9 Å². The maximum Gasteiger partial charge on any atom is 0.333 e. The lowest BCUT2D eigenvalue weighted by Crippen LogP contribution is -2.33. The number of hydrogen-bond donors (Lipinski definition) is 2. The highest BCUT2D eigenvalue weighted by Gasteiger charge is 2.53. The van der Waals surface area contributed by atoms with Gasteiger partial charge in [0.2, 0.25) is 0 Å². The molecule has 1 saturated carbocycles. The van der Waals surface area contributed by atoms with E-state index in [-0.39, 0.29) is 0 Å². The van der Waals surface area contributed by atoms with Crippen molar-refractivity contribution in [1.82, 2.24) is 0 Å². The van der Waals surface area contributed by atoms with Gasteiger partial charge in [-0.1, -0.05) is 28.1 Å². The molecule has 1 fully saturated rings. The van der Waals surface area contributed by atoms with Gasteiger partial charge in [-0.25, -0.2) is 4.79 Å². The number of carboxylic acids is 1. The van der Waals surface area contributed by atoms with E-state index in [2.05, 4.69) is 15.9 Å². The third kappa shape index (κ3) is 1.79. The number of aliphatic hydroxyl groups excluding tert-OH is 1. The van der Waals surface area contributed by atoms with Gasteiger partial charge in [0.15, 0.2) is 6.10 Å². The molecule has 0 radical (unpaired) electrons. The van der Waals surface area contributed by atoms with Crippen LogP contribution in [0.4, 0.5) is 0 Å². The molecule has 0 spiro atoms. The number of halogens is 1. The number of carboxylic acid groups (broad SMARTS) is 1. The van der Waals surface area contributed by atoms with Crippen molar-refractivity contribution >= 4 is 21.9 Å². The van der Waals surface area contributed by atoms with Crippen molar-refractivity contribution in [3.05, 3.63) is 34.3 Å². The van der Waals surface area contributed by atoms with Gasteiger partial charge >= 0.3 is 5.97 Å². The lowest BCUT2D eigenvalue weighted by atomic mass is 9.90. The van der Waals surface area contributed by atoms with Crippen LogP contribution in [0.25, 0.3) is 0 Å². The van der Waals surface area contributed by atoms with E-state index in [1.165, 1.54) is 0 Å². The standard InChI is InChI=1S/C11H11BrO3/c12-8-3-1-7(2-4-8)11(5-6-11)9(13)10(14)15/h1-4,9,13H,5-6H2,(H,14,15).